The van der Waals surface area contributed by atoms with Gasteiger partial charge in [0.05, 0.1) is 10.9 Å². The molecule has 0 fully saturated rings. The summed E-state index contributed by atoms with van der Waals surface area (Å²) in [6.45, 7) is 0. The summed E-state index contributed by atoms with van der Waals surface area (Å²) in [6.07, 6.45) is 0. The number of primary sulfonamides is 1. The molecule has 1 aromatic carbocycles. The van der Waals surface area contributed by atoms with Gasteiger partial charge in [0.2, 0.25) is 9.47 Å². The maximum absolute atomic E-state index is 12.3. The third-order valence-corrected chi connectivity index (χ3v) is 4.85. The zero-order valence-electron chi connectivity index (χ0n) is 10.2. The van der Waals surface area contributed by atoms with Crippen LogP contribution >= 0.6 is 11.3 Å². The lowest BCUT2D eigenvalue weighted by molar-refractivity contribution is 0.595. The molecule has 108 valence electrons. The van der Waals surface area contributed by atoms with E-state index in [0.717, 1.165) is 0 Å². The Kier molecular flexibility index (Phi) is 2.97. The Bertz CT molecular complexity index is 1060. The molecular formula is C10H7N5O4S2. The van der Waals surface area contributed by atoms with Gasteiger partial charge in [-0.3, -0.25) is 4.79 Å². The topological polar surface area (TPSA) is 141 Å². The minimum absolute atomic E-state index is 0.170. The zero-order chi connectivity index (χ0) is 15.2. The van der Waals surface area contributed by atoms with E-state index in [1.807, 2.05) is 0 Å². The minimum atomic E-state index is -4.04. The van der Waals surface area contributed by atoms with E-state index >= 15 is 0 Å². The van der Waals surface area contributed by atoms with Crippen LogP contribution in [0.2, 0.25) is 0 Å². The van der Waals surface area contributed by atoms with E-state index in [2.05, 4.69) is 15.2 Å². The fraction of sp³-hybridized carbons (Fsp3) is 0. The van der Waals surface area contributed by atoms with Crippen LogP contribution in [-0.2, 0) is 10.0 Å². The van der Waals surface area contributed by atoms with Gasteiger partial charge in [0.1, 0.15) is 0 Å². The van der Waals surface area contributed by atoms with Crippen LogP contribution in [0.25, 0.3) is 16.0 Å². The molecule has 9 nitrogen and oxygen atoms in total. The Morgan fingerprint density at radius 1 is 1.19 bits per heavy atom. The summed E-state index contributed by atoms with van der Waals surface area (Å²) in [4.78, 5) is 26.8. The summed E-state index contributed by atoms with van der Waals surface area (Å²) in [5, 5.41) is 11.9. The molecule has 0 atom stereocenters. The fourth-order valence-electron chi connectivity index (χ4n) is 1.74. The molecule has 0 radical (unpaired) electrons. The van der Waals surface area contributed by atoms with Crippen LogP contribution in [0.5, 0.6) is 0 Å². The van der Waals surface area contributed by atoms with Gasteiger partial charge in [0.15, 0.2) is 0 Å². The minimum Gasteiger partial charge on any atom is -0.306 e. The third kappa shape index (κ3) is 2.26. The molecule has 0 amide bonds. The van der Waals surface area contributed by atoms with E-state index in [1.165, 1.54) is 6.07 Å². The maximum Gasteiger partial charge on any atom is 0.335 e. The van der Waals surface area contributed by atoms with Gasteiger partial charge < -0.3 is 4.98 Å². The van der Waals surface area contributed by atoms with Crippen LogP contribution in [0.4, 0.5) is 0 Å². The summed E-state index contributed by atoms with van der Waals surface area (Å²) in [5.41, 5.74) is -0.984. The Balaban J connectivity index is 2.33. The number of rotatable bonds is 2. The standard InChI is InChI=1S/C10H7N5O4S2/c11-21(18,19)10-14-13-9(20-10)15-7(16)5-3-1-2-4-6(5)12-8(15)17/h1-4H,(H,12,17)(H2,11,18,19). The van der Waals surface area contributed by atoms with Gasteiger partial charge in [-0.1, -0.05) is 23.5 Å². The fourth-order valence-corrected chi connectivity index (χ4v) is 3.16. The quantitative estimate of drug-likeness (QED) is 0.630. The molecule has 0 aliphatic rings. The lowest BCUT2D eigenvalue weighted by Gasteiger charge is -2.01. The molecule has 0 saturated heterocycles. The largest absolute Gasteiger partial charge is 0.335 e. The van der Waals surface area contributed by atoms with Crippen molar-refractivity contribution in [3.05, 3.63) is 45.1 Å². The molecule has 21 heavy (non-hydrogen) atoms. The highest BCUT2D eigenvalue weighted by Crippen LogP contribution is 2.16. The number of benzene rings is 1. The summed E-state index contributed by atoms with van der Waals surface area (Å²) in [6, 6.07) is 6.43. The van der Waals surface area contributed by atoms with Crippen LogP contribution in [0.3, 0.4) is 0 Å². The molecule has 0 saturated carbocycles. The van der Waals surface area contributed by atoms with Crippen molar-refractivity contribution in [2.45, 2.75) is 4.34 Å². The van der Waals surface area contributed by atoms with Gasteiger partial charge in [0, 0.05) is 0 Å². The Hall–Kier alpha value is -2.37. The first kappa shape index (κ1) is 13.6. The average Bonchev–Trinajstić information content (AvgIpc) is 2.88. The van der Waals surface area contributed by atoms with E-state index in [4.69, 9.17) is 5.14 Å². The Labute approximate surface area is 120 Å². The molecule has 0 spiro atoms. The van der Waals surface area contributed by atoms with Gasteiger partial charge in [-0.25, -0.2) is 18.4 Å². The summed E-state index contributed by atoms with van der Waals surface area (Å²) in [5.74, 6) is 0. The third-order valence-electron chi connectivity index (χ3n) is 2.64. The van der Waals surface area contributed by atoms with E-state index < -0.39 is 25.6 Å². The van der Waals surface area contributed by atoms with Gasteiger partial charge in [-0.15, -0.1) is 10.2 Å². The van der Waals surface area contributed by atoms with Gasteiger partial charge in [-0.05, 0) is 12.1 Å². The molecule has 0 aliphatic carbocycles. The number of nitrogens with two attached hydrogens (primary N) is 1. The van der Waals surface area contributed by atoms with Gasteiger partial charge in [-0.2, -0.15) is 4.57 Å². The first-order chi connectivity index (χ1) is 9.88. The predicted molar refractivity (Wildman–Crippen MR) is 75.0 cm³/mol. The van der Waals surface area contributed by atoms with Crippen LogP contribution in [0.15, 0.2) is 38.2 Å². The van der Waals surface area contributed by atoms with Crippen molar-refractivity contribution >= 4 is 32.3 Å². The molecule has 3 rings (SSSR count). The van der Waals surface area contributed by atoms with Crippen LogP contribution in [0, 0.1) is 0 Å². The summed E-state index contributed by atoms with van der Waals surface area (Å²) in [7, 11) is -4.04. The maximum atomic E-state index is 12.3. The zero-order valence-corrected chi connectivity index (χ0v) is 11.8. The molecular weight excluding hydrogens is 318 g/mol. The Morgan fingerprint density at radius 3 is 2.57 bits per heavy atom. The molecule has 2 heterocycles. The first-order valence-electron chi connectivity index (χ1n) is 5.49. The lowest BCUT2D eigenvalue weighted by atomic mass is 10.2. The monoisotopic (exact) mass is 325 g/mol. The highest BCUT2D eigenvalue weighted by atomic mass is 32.2. The highest BCUT2D eigenvalue weighted by molar-refractivity contribution is 7.91. The number of aromatic nitrogens is 4. The second-order valence-corrected chi connectivity index (χ2v) is 6.70. The number of aromatic amines is 1. The van der Waals surface area contributed by atoms with Gasteiger partial charge in [0.25, 0.3) is 15.6 Å². The van der Waals surface area contributed by atoms with Crippen molar-refractivity contribution in [2.75, 3.05) is 0 Å². The van der Waals surface area contributed by atoms with Crippen LogP contribution in [-0.4, -0.2) is 28.2 Å². The molecule has 3 N–H and O–H groups in total. The van der Waals surface area contributed by atoms with Crippen molar-refractivity contribution in [1.29, 1.82) is 0 Å². The number of nitrogens with zero attached hydrogens (tertiary/aromatic N) is 3. The number of nitrogens with one attached hydrogen (secondary N) is 1. The normalized spacial score (nSPS) is 11.9. The second kappa shape index (κ2) is 4.58. The van der Waals surface area contributed by atoms with E-state index in [-0.39, 0.29) is 10.5 Å². The van der Waals surface area contributed by atoms with E-state index in [9.17, 15) is 18.0 Å². The first-order valence-corrected chi connectivity index (χ1v) is 7.85. The SMILES string of the molecule is NS(=O)(=O)c1nnc(-n2c(=O)[nH]c3ccccc3c2=O)s1. The molecule has 11 heteroatoms. The lowest BCUT2D eigenvalue weighted by Crippen LogP contribution is -2.33. The van der Waals surface area contributed by atoms with Gasteiger partial charge >= 0.3 is 5.69 Å². The summed E-state index contributed by atoms with van der Waals surface area (Å²) >= 11 is 0.538. The Morgan fingerprint density at radius 2 is 1.90 bits per heavy atom. The smallest absolute Gasteiger partial charge is 0.306 e. The number of para-hydroxylation sites is 1. The molecule has 0 bridgehead atoms. The molecule has 0 unspecified atom stereocenters. The summed E-state index contributed by atoms with van der Waals surface area (Å²) < 4.78 is 22.6. The predicted octanol–water partition coefficient (Wildman–Crippen LogP) is -0.822. The van der Waals surface area contributed by atoms with E-state index in [1.54, 1.807) is 18.2 Å². The number of hydrogen-bond acceptors (Lipinski definition) is 7. The second-order valence-electron chi connectivity index (χ2n) is 4.01. The van der Waals surface area contributed by atoms with Crippen LogP contribution in [0.1, 0.15) is 0 Å². The van der Waals surface area contributed by atoms with Crippen molar-refractivity contribution in [2.24, 2.45) is 5.14 Å². The average molecular weight is 325 g/mol. The van der Waals surface area contributed by atoms with Crippen LogP contribution < -0.4 is 16.4 Å². The molecule has 3 aromatic rings. The number of H-pyrrole nitrogens is 1. The number of fused-ring (bicyclic) bond motifs is 1. The molecule has 2 aromatic heterocycles. The van der Waals surface area contributed by atoms with E-state index in [0.29, 0.717) is 21.4 Å². The van der Waals surface area contributed by atoms with Crippen molar-refractivity contribution in [3.8, 4) is 5.13 Å². The van der Waals surface area contributed by atoms with Crippen molar-refractivity contribution < 1.29 is 8.42 Å². The number of sulfonamides is 1. The highest BCUT2D eigenvalue weighted by Gasteiger charge is 2.19. The van der Waals surface area contributed by atoms with Crippen molar-refractivity contribution in [3.63, 3.8) is 0 Å². The molecule has 0 aliphatic heterocycles. The number of hydrogen-bond donors (Lipinski definition) is 2. The van der Waals surface area contributed by atoms with Crippen molar-refractivity contribution in [1.82, 2.24) is 19.7 Å².